The van der Waals surface area contributed by atoms with Gasteiger partial charge in [0.05, 0.1) is 7.11 Å². The SMILES string of the molecule is C=C.COc1ccc(N(C)c2nc(C)nc3c2CCC3)cc1. The Balaban J connectivity index is 0.000000847. The van der Waals surface area contributed by atoms with Gasteiger partial charge in [-0.2, -0.15) is 0 Å². The number of hydrogen-bond acceptors (Lipinski definition) is 4. The van der Waals surface area contributed by atoms with Crippen molar-refractivity contribution in [3.05, 3.63) is 54.5 Å². The summed E-state index contributed by atoms with van der Waals surface area (Å²) in [6.45, 7) is 7.96. The quantitative estimate of drug-likeness (QED) is 0.807. The predicted molar refractivity (Wildman–Crippen MR) is 91.1 cm³/mol. The molecule has 1 aliphatic rings. The first-order valence-electron chi connectivity index (χ1n) is 7.43. The standard InChI is InChI=1S/C16H19N3O.C2H4/c1-11-17-15-6-4-5-14(15)16(18-11)19(2)12-7-9-13(20-3)10-8-12;1-2/h7-10H,4-6H2,1-3H3;1-2H2. The summed E-state index contributed by atoms with van der Waals surface area (Å²) in [5.74, 6) is 2.75. The van der Waals surface area contributed by atoms with Crippen LogP contribution in [0.5, 0.6) is 5.75 Å². The number of ether oxygens (including phenoxy) is 1. The molecule has 2 aromatic rings. The van der Waals surface area contributed by atoms with Crippen LogP contribution in [0.25, 0.3) is 0 Å². The van der Waals surface area contributed by atoms with Crippen LogP contribution in [-0.4, -0.2) is 24.1 Å². The molecule has 1 aromatic carbocycles. The molecule has 3 rings (SSSR count). The summed E-state index contributed by atoms with van der Waals surface area (Å²) in [4.78, 5) is 11.3. The van der Waals surface area contributed by atoms with E-state index in [0.29, 0.717) is 0 Å². The second-order valence-corrected chi connectivity index (χ2v) is 5.13. The summed E-state index contributed by atoms with van der Waals surface area (Å²) in [5, 5.41) is 0. The van der Waals surface area contributed by atoms with Crippen LogP contribution in [0.15, 0.2) is 37.4 Å². The van der Waals surface area contributed by atoms with E-state index in [1.165, 1.54) is 17.7 Å². The summed E-state index contributed by atoms with van der Waals surface area (Å²) in [7, 11) is 3.74. The van der Waals surface area contributed by atoms with Gasteiger partial charge in [-0.05, 0) is 50.5 Å². The minimum absolute atomic E-state index is 0.848. The highest BCUT2D eigenvalue weighted by Gasteiger charge is 2.21. The molecule has 1 aromatic heterocycles. The monoisotopic (exact) mass is 297 g/mol. The number of nitrogens with zero attached hydrogens (tertiary/aromatic N) is 3. The van der Waals surface area contributed by atoms with E-state index in [-0.39, 0.29) is 0 Å². The Kier molecular flexibility index (Phi) is 5.15. The predicted octanol–water partition coefficient (Wildman–Crippen LogP) is 3.85. The number of benzene rings is 1. The first-order chi connectivity index (χ1) is 10.7. The van der Waals surface area contributed by atoms with E-state index in [1.54, 1.807) is 7.11 Å². The zero-order chi connectivity index (χ0) is 16.1. The van der Waals surface area contributed by atoms with Gasteiger partial charge in [0.15, 0.2) is 0 Å². The molecule has 0 N–H and O–H groups in total. The molecule has 22 heavy (non-hydrogen) atoms. The maximum absolute atomic E-state index is 5.20. The van der Waals surface area contributed by atoms with Crippen molar-refractivity contribution < 1.29 is 4.74 Å². The third-order valence-corrected chi connectivity index (χ3v) is 3.80. The Morgan fingerprint density at radius 1 is 1.09 bits per heavy atom. The maximum Gasteiger partial charge on any atom is 0.139 e. The van der Waals surface area contributed by atoms with Crippen LogP contribution in [0.4, 0.5) is 11.5 Å². The number of rotatable bonds is 3. The van der Waals surface area contributed by atoms with E-state index in [9.17, 15) is 0 Å². The fraction of sp³-hybridized carbons (Fsp3) is 0.333. The van der Waals surface area contributed by atoms with E-state index in [0.717, 1.165) is 35.9 Å². The molecular weight excluding hydrogens is 274 g/mol. The van der Waals surface area contributed by atoms with E-state index in [2.05, 4.69) is 47.2 Å². The summed E-state index contributed by atoms with van der Waals surface area (Å²) < 4.78 is 5.20. The average molecular weight is 297 g/mol. The number of aryl methyl sites for hydroxylation is 2. The van der Waals surface area contributed by atoms with Gasteiger partial charge in [-0.3, -0.25) is 0 Å². The second-order valence-electron chi connectivity index (χ2n) is 5.13. The van der Waals surface area contributed by atoms with Crippen LogP contribution < -0.4 is 9.64 Å². The van der Waals surface area contributed by atoms with Crippen molar-refractivity contribution in [3.63, 3.8) is 0 Å². The lowest BCUT2D eigenvalue weighted by Gasteiger charge is -2.21. The molecule has 0 amide bonds. The van der Waals surface area contributed by atoms with Gasteiger partial charge in [0, 0.05) is 24.0 Å². The smallest absolute Gasteiger partial charge is 0.139 e. The van der Waals surface area contributed by atoms with Crippen LogP contribution in [0.1, 0.15) is 23.5 Å². The van der Waals surface area contributed by atoms with Gasteiger partial charge in [0.2, 0.25) is 0 Å². The summed E-state index contributed by atoms with van der Waals surface area (Å²) >= 11 is 0. The van der Waals surface area contributed by atoms with Crippen molar-refractivity contribution in [2.45, 2.75) is 26.2 Å². The number of hydrogen-bond donors (Lipinski definition) is 0. The Labute approximate surface area is 132 Å². The van der Waals surface area contributed by atoms with Gasteiger partial charge < -0.3 is 9.64 Å². The van der Waals surface area contributed by atoms with Gasteiger partial charge in [0.25, 0.3) is 0 Å². The molecule has 1 aliphatic carbocycles. The summed E-state index contributed by atoms with van der Waals surface area (Å²) in [6.07, 6.45) is 3.32. The molecule has 0 aliphatic heterocycles. The van der Waals surface area contributed by atoms with Crippen molar-refractivity contribution in [2.24, 2.45) is 0 Å². The van der Waals surface area contributed by atoms with E-state index in [4.69, 9.17) is 4.74 Å². The van der Waals surface area contributed by atoms with E-state index in [1.807, 2.05) is 19.1 Å². The largest absolute Gasteiger partial charge is 0.497 e. The summed E-state index contributed by atoms with van der Waals surface area (Å²) in [6, 6.07) is 8.05. The minimum atomic E-state index is 0.848. The molecule has 4 nitrogen and oxygen atoms in total. The normalized spacial score (nSPS) is 12.1. The van der Waals surface area contributed by atoms with E-state index >= 15 is 0 Å². The van der Waals surface area contributed by atoms with Gasteiger partial charge in [-0.15, -0.1) is 13.2 Å². The molecule has 0 spiro atoms. The topological polar surface area (TPSA) is 38.2 Å². The number of fused-ring (bicyclic) bond motifs is 1. The molecule has 0 saturated carbocycles. The van der Waals surface area contributed by atoms with Crippen LogP contribution in [0.2, 0.25) is 0 Å². The third-order valence-electron chi connectivity index (χ3n) is 3.80. The summed E-state index contributed by atoms with van der Waals surface area (Å²) in [5.41, 5.74) is 3.62. The molecular formula is C18H23N3O. The lowest BCUT2D eigenvalue weighted by Crippen LogP contribution is -2.15. The van der Waals surface area contributed by atoms with Gasteiger partial charge in [0.1, 0.15) is 17.4 Å². The first-order valence-corrected chi connectivity index (χ1v) is 7.43. The zero-order valence-electron chi connectivity index (χ0n) is 13.6. The van der Waals surface area contributed by atoms with Gasteiger partial charge >= 0.3 is 0 Å². The molecule has 1 heterocycles. The van der Waals surface area contributed by atoms with Crippen molar-refractivity contribution in [2.75, 3.05) is 19.1 Å². The average Bonchev–Trinajstić information content (AvgIpc) is 3.03. The zero-order valence-corrected chi connectivity index (χ0v) is 13.6. The Hall–Kier alpha value is -2.36. The Bertz CT molecular complexity index is 638. The van der Waals surface area contributed by atoms with Gasteiger partial charge in [-0.25, -0.2) is 9.97 Å². The number of anilines is 2. The van der Waals surface area contributed by atoms with Crippen molar-refractivity contribution in [1.82, 2.24) is 9.97 Å². The molecule has 0 atom stereocenters. The van der Waals surface area contributed by atoms with Crippen LogP contribution in [-0.2, 0) is 12.8 Å². The number of methoxy groups -OCH3 is 1. The maximum atomic E-state index is 5.20. The van der Waals surface area contributed by atoms with Crippen LogP contribution >= 0.6 is 0 Å². The van der Waals surface area contributed by atoms with Crippen molar-refractivity contribution in [3.8, 4) is 5.75 Å². The Morgan fingerprint density at radius 2 is 1.77 bits per heavy atom. The highest BCUT2D eigenvalue weighted by Crippen LogP contribution is 2.32. The van der Waals surface area contributed by atoms with Gasteiger partial charge in [-0.1, -0.05) is 0 Å². The third kappa shape index (κ3) is 3.11. The Morgan fingerprint density at radius 3 is 2.41 bits per heavy atom. The molecule has 4 heteroatoms. The molecule has 0 radical (unpaired) electrons. The fourth-order valence-corrected chi connectivity index (χ4v) is 2.74. The second kappa shape index (κ2) is 7.07. The highest BCUT2D eigenvalue weighted by molar-refractivity contribution is 5.64. The molecule has 0 unspecified atom stereocenters. The lowest BCUT2D eigenvalue weighted by molar-refractivity contribution is 0.415. The first kappa shape index (κ1) is 16.0. The van der Waals surface area contributed by atoms with Crippen molar-refractivity contribution in [1.29, 1.82) is 0 Å². The molecule has 0 fully saturated rings. The lowest BCUT2D eigenvalue weighted by atomic mass is 10.2. The highest BCUT2D eigenvalue weighted by atomic mass is 16.5. The molecule has 116 valence electrons. The number of aromatic nitrogens is 2. The minimum Gasteiger partial charge on any atom is -0.497 e. The molecule has 0 bridgehead atoms. The van der Waals surface area contributed by atoms with Crippen molar-refractivity contribution >= 4 is 11.5 Å². The van der Waals surface area contributed by atoms with Crippen LogP contribution in [0.3, 0.4) is 0 Å². The van der Waals surface area contributed by atoms with Crippen LogP contribution in [0, 0.1) is 6.92 Å². The fourth-order valence-electron chi connectivity index (χ4n) is 2.74. The van der Waals surface area contributed by atoms with E-state index < -0.39 is 0 Å². The molecule has 0 saturated heterocycles.